The Balaban J connectivity index is 2.22. The van der Waals surface area contributed by atoms with Gasteiger partial charge in [-0.05, 0) is 36.5 Å². The summed E-state index contributed by atoms with van der Waals surface area (Å²) < 4.78 is 40.5. The third-order valence-corrected chi connectivity index (χ3v) is 3.60. The highest BCUT2D eigenvalue weighted by Crippen LogP contribution is 2.39. The van der Waals surface area contributed by atoms with Gasteiger partial charge in [0.2, 0.25) is 0 Å². The number of carboxylic acid groups (broad SMARTS) is 1. The Kier molecular flexibility index (Phi) is 4.20. The van der Waals surface area contributed by atoms with Crippen LogP contribution in [-0.2, 0) is 4.79 Å². The molecule has 1 aliphatic carbocycles. The average Bonchev–Trinajstić information content (AvgIpc) is 2.37. The van der Waals surface area contributed by atoms with Crippen molar-refractivity contribution in [2.75, 3.05) is 0 Å². The van der Waals surface area contributed by atoms with E-state index in [0.717, 1.165) is 12.8 Å². The highest BCUT2D eigenvalue weighted by molar-refractivity contribution is 5.71. The molecule has 3 nitrogen and oxygen atoms in total. The number of carboxylic acids is 1. The molecule has 2 unspecified atom stereocenters. The number of carbonyl (C=O) groups is 1. The highest BCUT2D eigenvalue weighted by atomic mass is 19.4. The normalized spacial score (nSPS) is 23.4. The van der Waals surface area contributed by atoms with Gasteiger partial charge in [-0.15, -0.1) is 13.2 Å². The standard InChI is InChI=1S/C14H15F3O3/c15-14(16,17)20-10-5-3-4-9(8-10)11-6-1-2-7-12(11)13(18)19/h3-5,8,11-12H,1-2,6-7H2,(H,18,19). The topological polar surface area (TPSA) is 46.5 Å². The zero-order valence-electron chi connectivity index (χ0n) is 10.7. The fourth-order valence-electron chi connectivity index (χ4n) is 2.77. The van der Waals surface area contributed by atoms with Gasteiger partial charge in [-0.3, -0.25) is 4.79 Å². The minimum absolute atomic E-state index is 0.252. The summed E-state index contributed by atoms with van der Waals surface area (Å²) in [6.45, 7) is 0. The summed E-state index contributed by atoms with van der Waals surface area (Å²) in [5, 5.41) is 9.21. The average molecular weight is 288 g/mol. The van der Waals surface area contributed by atoms with Crippen LogP contribution in [0, 0.1) is 5.92 Å². The lowest BCUT2D eigenvalue weighted by molar-refractivity contribution is -0.274. The monoisotopic (exact) mass is 288 g/mol. The van der Waals surface area contributed by atoms with Crippen molar-refractivity contribution >= 4 is 5.97 Å². The van der Waals surface area contributed by atoms with E-state index in [2.05, 4.69) is 4.74 Å². The van der Waals surface area contributed by atoms with E-state index in [9.17, 15) is 23.1 Å². The summed E-state index contributed by atoms with van der Waals surface area (Å²) in [5.41, 5.74) is 0.596. The molecule has 2 atom stereocenters. The van der Waals surface area contributed by atoms with Gasteiger partial charge in [-0.1, -0.05) is 25.0 Å². The summed E-state index contributed by atoms with van der Waals surface area (Å²) in [7, 11) is 0. The first-order valence-electron chi connectivity index (χ1n) is 6.45. The van der Waals surface area contributed by atoms with Gasteiger partial charge in [-0.25, -0.2) is 0 Å². The molecule has 1 N–H and O–H groups in total. The molecule has 1 aliphatic rings. The van der Waals surface area contributed by atoms with Crippen LogP contribution in [0.1, 0.15) is 37.2 Å². The maximum absolute atomic E-state index is 12.2. The van der Waals surface area contributed by atoms with Crippen molar-refractivity contribution in [3.63, 3.8) is 0 Å². The fourth-order valence-corrected chi connectivity index (χ4v) is 2.77. The summed E-state index contributed by atoms with van der Waals surface area (Å²) in [5.74, 6) is -1.98. The molecule has 110 valence electrons. The third-order valence-electron chi connectivity index (χ3n) is 3.60. The van der Waals surface area contributed by atoms with Crippen molar-refractivity contribution in [2.24, 2.45) is 5.92 Å². The number of hydrogen-bond acceptors (Lipinski definition) is 2. The number of halogens is 3. The molecular weight excluding hydrogens is 273 g/mol. The van der Waals surface area contributed by atoms with E-state index in [4.69, 9.17) is 0 Å². The van der Waals surface area contributed by atoms with Crippen LogP contribution in [0.15, 0.2) is 24.3 Å². The minimum Gasteiger partial charge on any atom is -0.481 e. The zero-order chi connectivity index (χ0) is 14.8. The maximum atomic E-state index is 12.2. The number of alkyl halides is 3. The molecule has 1 saturated carbocycles. The number of ether oxygens (including phenoxy) is 1. The van der Waals surface area contributed by atoms with Crippen molar-refractivity contribution in [2.45, 2.75) is 38.0 Å². The number of benzene rings is 1. The van der Waals surface area contributed by atoms with E-state index in [1.807, 2.05) is 0 Å². The molecule has 2 rings (SSSR count). The second-order valence-electron chi connectivity index (χ2n) is 4.96. The Bertz CT molecular complexity index is 485. The van der Waals surface area contributed by atoms with Gasteiger partial charge in [-0.2, -0.15) is 0 Å². The van der Waals surface area contributed by atoms with Gasteiger partial charge in [0.1, 0.15) is 5.75 Å². The number of aliphatic carboxylic acids is 1. The van der Waals surface area contributed by atoms with Gasteiger partial charge in [0.15, 0.2) is 0 Å². The molecule has 1 aromatic rings. The molecule has 0 saturated heterocycles. The lowest BCUT2D eigenvalue weighted by Gasteiger charge is -2.29. The Labute approximate surface area is 114 Å². The van der Waals surface area contributed by atoms with Crippen LogP contribution in [-0.4, -0.2) is 17.4 Å². The SMILES string of the molecule is O=C(O)C1CCCCC1c1cccc(OC(F)(F)F)c1. The molecule has 0 aliphatic heterocycles. The third kappa shape index (κ3) is 3.65. The maximum Gasteiger partial charge on any atom is 0.573 e. The second-order valence-corrected chi connectivity index (χ2v) is 4.96. The van der Waals surface area contributed by atoms with E-state index in [1.165, 1.54) is 18.2 Å². The van der Waals surface area contributed by atoms with Gasteiger partial charge in [0, 0.05) is 0 Å². The highest BCUT2D eigenvalue weighted by Gasteiger charge is 2.34. The smallest absolute Gasteiger partial charge is 0.481 e. The first-order valence-corrected chi connectivity index (χ1v) is 6.45. The van der Waals surface area contributed by atoms with E-state index >= 15 is 0 Å². The van der Waals surface area contributed by atoms with Crippen LogP contribution in [0.5, 0.6) is 5.75 Å². The summed E-state index contributed by atoms with van der Waals surface area (Å²) >= 11 is 0. The van der Waals surface area contributed by atoms with Crippen LogP contribution in [0.2, 0.25) is 0 Å². The van der Waals surface area contributed by atoms with Crippen molar-refractivity contribution in [3.8, 4) is 5.75 Å². The lowest BCUT2D eigenvalue weighted by atomic mass is 9.75. The Morgan fingerprint density at radius 2 is 1.95 bits per heavy atom. The van der Waals surface area contributed by atoms with Crippen LogP contribution in [0.25, 0.3) is 0 Å². The zero-order valence-corrected chi connectivity index (χ0v) is 10.7. The molecule has 0 bridgehead atoms. The van der Waals surface area contributed by atoms with Gasteiger partial charge < -0.3 is 9.84 Å². The van der Waals surface area contributed by atoms with Crippen LogP contribution in [0.4, 0.5) is 13.2 Å². The molecule has 0 heterocycles. The van der Waals surface area contributed by atoms with Crippen molar-refractivity contribution in [1.29, 1.82) is 0 Å². The molecule has 1 aromatic carbocycles. The number of rotatable bonds is 3. The Hall–Kier alpha value is -1.72. The molecule has 0 radical (unpaired) electrons. The van der Waals surface area contributed by atoms with Crippen LogP contribution < -0.4 is 4.74 Å². The first-order chi connectivity index (χ1) is 9.37. The Morgan fingerprint density at radius 3 is 2.60 bits per heavy atom. The van der Waals surface area contributed by atoms with Crippen LogP contribution in [0.3, 0.4) is 0 Å². The van der Waals surface area contributed by atoms with Crippen molar-refractivity contribution in [3.05, 3.63) is 29.8 Å². The van der Waals surface area contributed by atoms with Gasteiger partial charge in [0.05, 0.1) is 5.92 Å². The lowest BCUT2D eigenvalue weighted by Crippen LogP contribution is -2.25. The van der Waals surface area contributed by atoms with Crippen molar-refractivity contribution < 1.29 is 27.8 Å². The van der Waals surface area contributed by atoms with E-state index in [-0.39, 0.29) is 11.7 Å². The fraction of sp³-hybridized carbons (Fsp3) is 0.500. The molecule has 0 aromatic heterocycles. The van der Waals surface area contributed by atoms with E-state index < -0.39 is 18.2 Å². The number of hydrogen-bond donors (Lipinski definition) is 1. The molecule has 20 heavy (non-hydrogen) atoms. The van der Waals surface area contributed by atoms with Crippen LogP contribution >= 0.6 is 0 Å². The second kappa shape index (κ2) is 5.73. The van der Waals surface area contributed by atoms with E-state index in [1.54, 1.807) is 6.07 Å². The summed E-state index contributed by atoms with van der Waals surface area (Å²) in [6.07, 6.45) is -1.78. The molecule has 0 spiro atoms. The molecular formula is C14H15F3O3. The Morgan fingerprint density at radius 1 is 1.25 bits per heavy atom. The summed E-state index contributed by atoms with van der Waals surface area (Å²) in [4.78, 5) is 11.2. The largest absolute Gasteiger partial charge is 0.573 e. The first kappa shape index (κ1) is 14.7. The summed E-state index contributed by atoms with van der Waals surface area (Å²) in [6, 6.07) is 5.63. The predicted molar refractivity (Wildman–Crippen MR) is 65.5 cm³/mol. The molecule has 6 heteroatoms. The molecule has 0 amide bonds. The van der Waals surface area contributed by atoms with Gasteiger partial charge >= 0.3 is 12.3 Å². The minimum atomic E-state index is -4.74. The van der Waals surface area contributed by atoms with Crippen molar-refractivity contribution in [1.82, 2.24) is 0 Å². The molecule has 1 fully saturated rings. The quantitative estimate of drug-likeness (QED) is 0.916. The predicted octanol–water partition coefficient (Wildman–Crippen LogP) is 3.94. The van der Waals surface area contributed by atoms with Gasteiger partial charge in [0.25, 0.3) is 0 Å². The van der Waals surface area contributed by atoms with E-state index in [0.29, 0.717) is 18.4 Å².